The summed E-state index contributed by atoms with van der Waals surface area (Å²) in [5.74, 6) is -0.0536. The van der Waals surface area contributed by atoms with E-state index < -0.39 is 0 Å². The summed E-state index contributed by atoms with van der Waals surface area (Å²) in [6, 6.07) is 7.00. The maximum atomic E-state index is 12.3. The number of halogens is 2. The zero-order chi connectivity index (χ0) is 14.0. The number of ketones is 1. The minimum absolute atomic E-state index is 0.0536. The monoisotopic (exact) mass is 296 g/mol. The summed E-state index contributed by atoms with van der Waals surface area (Å²) in [5.41, 5.74) is 2.25. The third-order valence-corrected chi connectivity index (χ3v) is 3.70. The Kier molecular flexibility index (Phi) is 4.27. The first-order chi connectivity index (χ1) is 9.02. The number of benzene rings is 1. The van der Waals surface area contributed by atoms with Gasteiger partial charge in [0.25, 0.3) is 0 Å². The van der Waals surface area contributed by atoms with E-state index >= 15 is 0 Å². The molecule has 0 bridgehead atoms. The van der Waals surface area contributed by atoms with Gasteiger partial charge in [0.15, 0.2) is 5.78 Å². The molecule has 0 spiro atoms. The van der Waals surface area contributed by atoms with Gasteiger partial charge >= 0.3 is 0 Å². The Morgan fingerprint density at radius 1 is 1.37 bits per heavy atom. The molecule has 0 saturated carbocycles. The number of nitrogens with zero attached hydrogens (tertiary/aromatic N) is 2. The summed E-state index contributed by atoms with van der Waals surface area (Å²) in [6.45, 7) is 4.64. The SMILES string of the molecule is CCn1nc(C)cc1CC(=O)c1cccc(Cl)c1Cl. The first kappa shape index (κ1) is 14.1. The van der Waals surface area contributed by atoms with Crippen LogP contribution in [0.5, 0.6) is 0 Å². The molecule has 0 amide bonds. The van der Waals surface area contributed by atoms with Crippen molar-refractivity contribution in [1.82, 2.24) is 9.78 Å². The summed E-state index contributed by atoms with van der Waals surface area (Å²) in [6.07, 6.45) is 0.273. The molecule has 19 heavy (non-hydrogen) atoms. The van der Waals surface area contributed by atoms with E-state index in [2.05, 4.69) is 5.10 Å². The minimum atomic E-state index is -0.0536. The molecule has 0 saturated heterocycles. The fourth-order valence-electron chi connectivity index (χ4n) is 1.99. The summed E-state index contributed by atoms with van der Waals surface area (Å²) in [4.78, 5) is 12.3. The third kappa shape index (κ3) is 2.99. The average molecular weight is 297 g/mol. The molecule has 0 atom stereocenters. The Hall–Kier alpha value is -1.32. The van der Waals surface area contributed by atoms with Crippen LogP contribution < -0.4 is 0 Å². The van der Waals surface area contributed by atoms with E-state index in [1.54, 1.807) is 18.2 Å². The lowest BCUT2D eigenvalue weighted by Crippen LogP contribution is -2.10. The molecular formula is C14H14Cl2N2O. The molecule has 0 aliphatic rings. The van der Waals surface area contributed by atoms with Crippen molar-refractivity contribution in [2.75, 3.05) is 0 Å². The molecule has 2 aromatic rings. The second kappa shape index (κ2) is 5.76. The fourth-order valence-corrected chi connectivity index (χ4v) is 2.40. The first-order valence-corrected chi connectivity index (χ1v) is 6.79. The van der Waals surface area contributed by atoms with E-state index in [1.807, 2.05) is 24.6 Å². The highest BCUT2D eigenvalue weighted by Crippen LogP contribution is 2.26. The highest BCUT2D eigenvalue weighted by molar-refractivity contribution is 6.43. The largest absolute Gasteiger partial charge is 0.294 e. The highest BCUT2D eigenvalue weighted by Gasteiger charge is 2.15. The summed E-state index contributed by atoms with van der Waals surface area (Å²) < 4.78 is 1.83. The Labute approximate surface area is 122 Å². The predicted octanol–water partition coefficient (Wildman–Crippen LogP) is 3.94. The lowest BCUT2D eigenvalue weighted by atomic mass is 10.1. The van der Waals surface area contributed by atoms with Crippen LogP contribution in [0.15, 0.2) is 24.3 Å². The van der Waals surface area contributed by atoms with Gasteiger partial charge in [-0.25, -0.2) is 0 Å². The molecule has 0 aliphatic carbocycles. The van der Waals surface area contributed by atoms with Gasteiger partial charge in [-0.05, 0) is 32.0 Å². The summed E-state index contributed by atoms with van der Waals surface area (Å²) in [5, 5.41) is 5.03. The van der Waals surface area contributed by atoms with Crippen LogP contribution in [0.2, 0.25) is 10.0 Å². The van der Waals surface area contributed by atoms with Gasteiger partial charge in [-0.15, -0.1) is 0 Å². The Morgan fingerprint density at radius 3 is 2.79 bits per heavy atom. The normalized spacial score (nSPS) is 10.7. The predicted molar refractivity (Wildman–Crippen MR) is 77.1 cm³/mol. The van der Waals surface area contributed by atoms with Crippen LogP contribution in [0.1, 0.15) is 28.7 Å². The Bertz CT molecular complexity index is 620. The van der Waals surface area contributed by atoms with Crippen LogP contribution in [-0.4, -0.2) is 15.6 Å². The molecule has 1 heterocycles. The molecule has 0 radical (unpaired) electrons. The van der Waals surface area contributed by atoms with Gasteiger partial charge in [-0.3, -0.25) is 9.48 Å². The lowest BCUT2D eigenvalue weighted by Gasteiger charge is -2.06. The first-order valence-electron chi connectivity index (χ1n) is 6.03. The molecule has 2 rings (SSSR count). The van der Waals surface area contributed by atoms with Crippen molar-refractivity contribution in [2.24, 2.45) is 0 Å². The maximum absolute atomic E-state index is 12.3. The molecule has 5 heteroatoms. The van der Waals surface area contributed by atoms with Crippen LogP contribution in [0.4, 0.5) is 0 Å². The van der Waals surface area contributed by atoms with Crippen molar-refractivity contribution in [3.8, 4) is 0 Å². The third-order valence-electron chi connectivity index (χ3n) is 2.88. The minimum Gasteiger partial charge on any atom is -0.294 e. The summed E-state index contributed by atoms with van der Waals surface area (Å²) >= 11 is 12.0. The average Bonchev–Trinajstić information content (AvgIpc) is 2.72. The second-order valence-electron chi connectivity index (χ2n) is 4.29. The number of hydrogen-bond acceptors (Lipinski definition) is 2. The van der Waals surface area contributed by atoms with Gasteiger partial charge in [0.1, 0.15) is 0 Å². The van der Waals surface area contributed by atoms with Crippen LogP contribution >= 0.6 is 23.2 Å². The van der Waals surface area contributed by atoms with E-state index in [-0.39, 0.29) is 12.2 Å². The van der Waals surface area contributed by atoms with Crippen molar-refractivity contribution >= 4 is 29.0 Å². The second-order valence-corrected chi connectivity index (χ2v) is 5.08. The molecule has 0 N–H and O–H groups in total. The molecule has 100 valence electrons. The summed E-state index contributed by atoms with van der Waals surface area (Å²) in [7, 11) is 0. The van der Waals surface area contributed by atoms with Crippen molar-refractivity contribution in [3.05, 3.63) is 51.3 Å². The zero-order valence-corrected chi connectivity index (χ0v) is 12.3. The van der Waals surface area contributed by atoms with Crippen molar-refractivity contribution in [2.45, 2.75) is 26.8 Å². The van der Waals surface area contributed by atoms with E-state index in [1.165, 1.54) is 0 Å². The molecule has 3 nitrogen and oxygen atoms in total. The maximum Gasteiger partial charge on any atom is 0.170 e. The number of hydrogen-bond donors (Lipinski definition) is 0. The number of aromatic nitrogens is 2. The van der Waals surface area contributed by atoms with Gasteiger partial charge in [-0.2, -0.15) is 5.10 Å². The standard InChI is InChI=1S/C14H14Cl2N2O/c1-3-18-10(7-9(2)17-18)8-13(19)11-5-4-6-12(15)14(11)16/h4-7H,3,8H2,1-2H3. The van der Waals surface area contributed by atoms with Gasteiger partial charge in [-0.1, -0.05) is 29.3 Å². The Morgan fingerprint density at radius 2 is 2.11 bits per heavy atom. The number of aryl methyl sites for hydroxylation is 2. The van der Waals surface area contributed by atoms with Crippen molar-refractivity contribution in [3.63, 3.8) is 0 Å². The van der Waals surface area contributed by atoms with Crippen LogP contribution in [0.25, 0.3) is 0 Å². The number of carbonyl (C=O) groups excluding carboxylic acids is 1. The number of rotatable bonds is 4. The quantitative estimate of drug-likeness (QED) is 0.801. The van der Waals surface area contributed by atoms with E-state index in [9.17, 15) is 4.79 Å². The smallest absolute Gasteiger partial charge is 0.170 e. The van der Waals surface area contributed by atoms with Crippen LogP contribution in [0, 0.1) is 6.92 Å². The topological polar surface area (TPSA) is 34.9 Å². The molecule has 0 fully saturated rings. The zero-order valence-electron chi connectivity index (χ0n) is 10.8. The molecule has 0 aliphatic heterocycles. The van der Waals surface area contributed by atoms with E-state index in [0.29, 0.717) is 15.6 Å². The van der Waals surface area contributed by atoms with Gasteiger partial charge in [0, 0.05) is 17.8 Å². The van der Waals surface area contributed by atoms with Crippen molar-refractivity contribution in [1.29, 1.82) is 0 Å². The van der Waals surface area contributed by atoms with E-state index in [0.717, 1.165) is 17.9 Å². The highest BCUT2D eigenvalue weighted by atomic mass is 35.5. The fraction of sp³-hybridized carbons (Fsp3) is 0.286. The lowest BCUT2D eigenvalue weighted by molar-refractivity contribution is 0.0990. The number of Topliss-reactive ketones (excluding diaryl/α,β-unsaturated/α-hetero) is 1. The molecular weight excluding hydrogens is 283 g/mol. The Balaban J connectivity index is 2.28. The van der Waals surface area contributed by atoms with Crippen LogP contribution in [0.3, 0.4) is 0 Å². The van der Waals surface area contributed by atoms with Crippen LogP contribution in [-0.2, 0) is 13.0 Å². The van der Waals surface area contributed by atoms with Gasteiger partial charge in [0.2, 0.25) is 0 Å². The molecule has 0 unspecified atom stereocenters. The van der Waals surface area contributed by atoms with Gasteiger partial charge < -0.3 is 0 Å². The number of carbonyl (C=O) groups is 1. The van der Waals surface area contributed by atoms with Gasteiger partial charge in [0.05, 0.1) is 22.2 Å². The van der Waals surface area contributed by atoms with Crippen molar-refractivity contribution < 1.29 is 4.79 Å². The molecule has 1 aromatic heterocycles. The van der Waals surface area contributed by atoms with E-state index in [4.69, 9.17) is 23.2 Å². The molecule has 1 aromatic carbocycles.